The van der Waals surface area contributed by atoms with Crippen molar-refractivity contribution >= 4 is 17.5 Å². The normalized spacial score (nSPS) is 15.1. The minimum Gasteiger partial charge on any atom is -0.496 e. The molecule has 6 nitrogen and oxygen atoms in total. The van der Waals surface area contributed by atoms with Crippen LogP contribution in [0.25, 0.3) is 0 Å². The Morgan fingerprint density at radius 3 is 2.77 bits per heavy atom. The Labute approximate surface area is 175 Å². The number of rotatable bonds is 6. The number of anilines is 1. The lowest BCUT2D eigenvalue weighted by Crippen LogP contribution is -2.33. The average molecular weight is 401 g/mol. The van der Waals surface area contributed by atoms with Gasteiger partial charge in [-0.15, -0.1) is 0 Å². The number of pyridine rings is 1. The molecule has 1 aliphatic heterocycles. The van der Waals surface area contributed by atoms with E-state index in [4.69, 9.17) is 4.74 Å². The van der Waals surface area contributed by atoms with E-state index in [1.807, 2.05) is 55.5 Å². The molecule has 1 aromatic heterocycles. The molecular weight excluding hydrogens is 378 g/mol. The molecule has 3 aromatic rings. The van der Waals surface area contributed by atoms with Gasteiger partial charge in [-0.3, -0.25) is 19.5 Å². The van der Waals surface area contributed by atoms with Gasteiger partial charge in [0.15, 0.2) is 0 Å². The minimum atomic E-state index is -0.451. The number of para-hydroxylation sites is 1. The van der Waals surface area contributed by atoms with Gasteiger partial charge in [-0.05, 0) is 42.8 Å². The van der Waals surface area contributed by atoms with Gasteiger partial charge in [0, 0.05) is 24.0 Å². The number of methoxy groups -OCH3 is 1. The summed E-state index contributed by atoms with van der Waals surface area (Å²) in [7, 11) is 1.60. The third-order valence-corrected chi connectivity index (χ3v) is 5.24. The van der Waals surface area contributed by atoms with E-state index in [9.17, 15) is 9.59 Å². The molecule has 1 atom stereocenters. The zero-order valence-electron chi connectivity index (χ0n) is 17.0. The number of fused-ring (bicyclic) bond motifs is 1. The Kier molecular flexibility index (Phi) is 5.48. The number of hydrogen-bond donors (Lipinski definition) is 1. The van der Waals surface area contributed by atoms with Crippen LogP contribution in [0, 0.1) is 6.92 Å². The Morgan fingerprint density at radius 1 is 1.13 bits per heavy atom. The molecule has 0 saturated heterocycles. The highest BCUT2D eigenvalue weighted by Crippen LogP contribution is 2.38. The van der Waals surface area contributed by atoms with Crippen molar-refractivity contribution in [3.05, 3.63) is 89.2 Å². The summed E-state index contributed by atoms with van der Waals surface area (Å²) in [4.78, 5) is 32.0. The van der Waals surface area contributed by atoms with E-state index in [0.29, 0.717) is 17.8 Å². The highest BCUT2D eigenvalue weighted by atomic mass is 16.5. The Balaban J connectivity index is 1.57. The molecule has 2 aromatic carbocycles. The molecule has 0 fully saturated rings. The second-order valence-corrected chi connectivity index (χ2v) is 7.26. The molecule has 0 radical (unpaired) electrons. The molecule has 2 amide bonds. The van der Waals surface area contributed by atoms with Crippen molar-refractivity contribution in [3.63, 3.8) is 0 Å². The summed E-state index contributed by atoms with van der Waals surface area (Å²) in [6.45, 7) is 2.33. The second-order valence-electron chi connectivity index (χ2n) is 7.26. The lowest BCUT2D eigenvalue weighted by molar-refractivity contribution is -0.121. The van der Waals surface area contributed by atoms with Crippen molar-refractivity contribution in [2.45, 2.75) is 25.9 Å². The number of benzene rings is 2. The van der Waals surface area contributed by atoms with Crippen LogP contribution in [0.5, 0.6) is 5.75 Å². The molecule has 0 spiro atoms. The minimum absolute atomic E-state index is 0.124. The first-order valence-electron chi connectivity index (χ1n) is 9.82. The quantitative estimate of drug-likeness (QED) is 0.682. The van der Waals surface area contributed by atoms with Gasteiger partial charge in [0.1, 0.15) is 5.75 Å². The summed E-state index contributed by atoms with van der Waals surface area (Å²) < 4.78 is 5.34. The molecule has 0 unspecified atom stereocenters. The van der Waals surface area contributed by atoms with Gasteiger partial charge in [0.2, 0.25) is 5.91 Å². The summed E-state index contributed by atoms with van der Waals surface area (Å²) >= 11 is 0. The smallest absolute Gasteiger partial charge is 0.260 e. The van der Waals surface area contributed by atoms with Gasteiger partial charge in [0.25, 0.3) is 5.91 Å². The molecule has 6 heteroatoms. The van der Waals surface area contributed by atoms with Crippen LogP contribution in [0.4, 0.5) is 5.69 Å². The van der Waals surface area contributed by atoms with E-state index in [-0.39, 0.29) is 18.2 Å². The number of carbonyl (C=O) groups is 2. The Bertz CT molecular complexity index is 1100. The number of nitrogens with zero attached hydrogens (tertiary/aromatic N) is 2. The van der Waals surface area contributed by atoms with Gasteiger partial charge in [-0.1, -0.05) is 30.3 Å². The largest absolute Gasteiger partial charge is 0.496 e. The Hall–Kier alpha value is -3.67. The van der Waals surface area contributed by atoms with Gasteiger partial charge < -0.3 is 10.1 Å². The maximum atomic E-state index is 13.1. The monoisotopic (exact) mass is 401 g/mol. The molecule has 152 valence electrons. The van der Waals surface area contributed by atoms with E-state index in [1.165, 1.54) is 0 Å². The van der Waals surface area contributed by atoms with Crippen LogP contribution in [0.2, 0.25) is 0 Å². The molecule has 1 N–H and O–H groups in total. The zero-order chi connectivity index (χ0) is 21.1. The SMILES string of the molecule is COc1ccccc1CNC(=O)C[C@@H]1c2ncccc2C(=O)N1c1cccc(C)c1. The van der Waals surface area contributed by atoms with Gasteiger partial charge in [-0.25, -0.2) is 0 Å². The molecule has 4 rings (SSSR count). The predicted molar refractivity (Wildman–Crippen MR) is 114 cm³/mol. The molecule has 0 bridgehead atoms. The molecule has 1 aliphatic rings. The lowest BCUT2D eigenvalue weighted by atomic mass is 10.1. The van der Waals surface area contributed by atoms with Crippen molar-refractivity contribution in [1.29, 1.82) is 0 Å². The van der Waals surface area contributed by atoms with Crippen molar-refractivity contribution in [2.24, 2.45) is 0 Å². The van der Waals surface area contributed by atoms with Gasteiger partial charge in [0.05, 0.1) is 30.8 Å². The fourth-order valence-corrected chi connectivity index (χ4v) is 3.81. The fourth-order valence-electron chi connectivity index (χ4n) is 3.81. The first-order valence-corrected chi connectivity index (χ1v) is 9.82. The number of aromatic nitrogens is 1. The molecule has 0 saturated carbocycles. The van der Waals surface area contributed by atoms with E-state index in [0.717, 1.165) is 22.6 Å². The van der Waals surface area contributed by atoms with Crippen LogP contribution < -0.4 is 15.0 Å². The number of hydrogen-bond acceptors (Lipinski definition) is 4. The van der Waals surface area contributed by atoms with Crippen molar-refractivity contribution < 1.29 is 14.3 Å². The standard InChI is InChI=1S/C24H23N3O3/c1-16-7-5-9-18(13-16)27-20(23-19(24(27)29)10-6-12-25-23)14-22(28)26-15-17-8-3-4-11-21(17)30-2/h3-13,20H,14-15H2,1-2H3,(H,26,28)/t20-/m1/s1. The summed E-state index contributed by atoms with van der Waals surface area (Å²) in [5.74, 6) is 0.434. The first-order chi connectivity index (χ1) is 14.6. The van der Waals surface area contributed by atoms with Crippen molar-refractivity contribution in [2.75, 3.05) is 12.0 Å². The second kappa shape index (κ2) is 8.37. The summed E-state index contributed by atoms with van der Waals surface area (Å²) in [6.07, 6.45) is 1.78. The topological polar surface area (TPSA) is 71.5 Å². The number of carbonyl (C=O) groups excluding carboxylic acids is 2. The first kappa shape index (κ1) is 19.6. The molecule has 0 aliphatic carbocycles. The average Bonchev–Trinajstić information content (AvgIpc) is 3.04. The summed E-state index contributed by atoms with van der Waals surface area (Å²) in [5, 5.41) is 2.94. The molecular formula is C24H23N3O3. The van der Waals surface area contributed by atoms with Crippen LogP contribution in [0.3, 0.4) is 0 Å². The maximum Gasteiger partial charge on any atom is 0.260 e. The van der Waals surface area contributed by atoms with Crippen LogP contribution in [0.15, 0.2) is 66.9 Å². The maximum absolute atomic E-state index is 13.1. The zero-order valence-corrected chi connectivity index (χ0v) is 17.0. The van der Waals surface area contributed by atoms with Crippen LogP contribution in [0.1, 0.15) is 39.6 Å². The third kappa shape index (κ3) is 3.76. The van der Waals surface area contributed by atoms with Crippen molar-refractivity contribution in [3.8, 4) is 5.75 Å². The molecule has 2 heterocycles. The summed E-state index contributed by atoms with van der Waals surface area (Å²) in [5.41, 5.74) is 3.88. The Morgan fingerprint density at radius 2 is 1.97 bits per heavy atom. The van der Waals surface area contributed by atoms with Gasteiger partial charge in [-0.2, -0.15) is 0 Å². The molecule has 30 heavy (non-hydrogen) atoms. The lowest BCUT2D eigenvalue weighted by Gasteiger charge is -2.25. The number of ether oxygens (including phenoxy) is 1. The predicted octanol–water partition coefficient (Wildman–Crippen LogP) is 3.81. The highest BCUT2D eigenvalue weighted by molar-refractivity contribution is 6.11. The van der Waals surface area contributed by atoms with Crippen LogP contribution in [-0.4, -0.2) is 23.9 Å². The number of aryl methyl sites for hydroxylation is 1. The summed E-state index contributed by atoms with van der Waals surface area (Å²) in [6, 6.07) is 18.3. The van der Waals surface area contributed by atoms with E-state index in [1.54, 1.807) is 30.3 Å². The number of nitrogens with one attached hydrogen (secondary N) is 1. The van der Waals surface area contributed by atoms with Crippen LogP contribution >= 0.6 is 0 Å². The third-order valence-electron chi connectivity index (χ3n) is 5.24. The fraction of sp³-hybridized carbons (Fsp3) is 0.208. The highest BCUT2D eigenvalue weighted by Gasteiger charge is 2.39. The van der Waals surface area contributed by atoms with E-state index < -0.39 is 6.04 Å². The number of amides is 2. The van der Waals surface area contributed by atoms with Crippen LogP contribution in [-0.2, 0) is 11.3 Å². The van der Waals surface area contributed by atoms with E-state index in [2.05, 4.69) is 10.3 Å². The van der Waals surface area contributed by atoms with E-state index >= 15 is 0 Å². The van der Waals surface area contributed by atoms with Gasteiger partial charge >= 0.3 is 0 Å². The van der Waals surface area contributed by atoms with Crippen molar-refractivity contribution in [1.82, 2.24) is 10.3 Å².